The number of sulfonamides is 1. The topological polar surface area (TPSA) is 58.2 Å². The first-order chi connectivity index (χ1) is 9.01. The monoisotopic (exact) mass is 302 g/mol. The summed E-state index contributed by atoms with van der Waals surface area (Å²) >= 11 is 1.84. The van der Waals surface area contributed by atoms with Gasteiger partial charge >= 0.3 is 0 Å². The maximum atomic E-state index is 11.7. The number of thioether (sulfide) groups is 1. The minimum absolute atomic E-state index is 0.298. The van der Waals surface area contributed by atoms with E-state index in [0.717, 1.165) is 30.0 Å². The van der Waals surface area contributed by atoms with Gasteiger partial charge in [0.15, 0.2) is 0 Å². The molecule has 6 heteroatoms. The molecule has 0 spiro atoms. The summed E-state index contributed by atoms with van der Waals surface area (Å²) in [6, 6.07) is 5.14. The molecule has 0 aliphatic heterocycles. The summed E-state index contributed by atoms with van der Waals surface area (Å²) in [7, 11) is -1.95. The lowest BCUT2D eigenvalue weighted by molar-refractivity contribution is 0.588. The number of anilines is 1. The van der Waals surface area contributed by atoms with Gasteiger partial charge in [0, 0.05) is 12.2 Å². The quantitative estimate of drug-likeness (QED) is 0.724. The molecular formula is C13H22N2O2S2. The molecule has 2 N–H and O–H groups in total. The van der Waals surface area contributed by atoms with E-state index in [-0.39, 0.29) is 0 Å². The summed E-state index contributed by atoms with van der Waals surface area (Å²) in [6.07, 6.45) is 4.36. The molecule has 1 aromatic rings. The van der Waals surface area contributed by atoms with Crippen LogP contribution in [-0.4, -0.2) is 34.0 Å². The lowest BCUT2D eigenvalue weighted by Gasteiger charge is -2.11. The van der Waals surface area contributed by atoms with Crippen molar-refractivity contribution in [1.82, 2.24) is 4.72 Å². The number of benzene rings is 1. The van der Waals surface area contributed by atoms with Crippen molar-refractivity contribution in [2.75, 3.05) is 30.9 Å². The molecule has 0 aliphatic rings. The van der Waals surface area contributed by atoms with Gasteiger partial charge in [-0.2, -0.15) is 11.8 Å². The van der Waals surface area contributed by atoms with E-state index in [4.69, 9.17) is 0 Å². The Morgan fingerprint density at radius 1 is 1.26 bits per heavy atom. The predicted molar refractivity (Wildman–Crippen MR) is 83.5 cm³/mol. The van der Waals surface area contributed by atoms with Crippen LogP contribution in [0.15, 0.2) is 23.1 Å². The second-order valence-corrected chi connectivity index (χ2v) is 7.18. The first-order valence-electron chi connectivity index (χ1n) is 6.28. The molecule has 0 fully saturated rings. The molecule has 0 amide bonds. The number of hydrogen-bond acceptors (Lipinski definition) is 4. The molecule has 0 bridgehead atoms. The Morgan fingerprint density at radius 2 is 2.00 bits per heavy atom. The Bertz CT molecular complexity index is 501. The van der Waals surface area contributed by atoms with Crippen molar-refractivity contribution in [3.05, 3.63) is 23.8 Å². The molecule has 0 saturated heterocycles. The van der Waals surface area contributed by atoms with E-state index >= 15 is 0 Å². The van der Waals surface area contributed by atoms with Crippen molar-refractivity contribution in [1.29, 1.82) is 0 Å². The van der Waals surface area contributed by atoms with E-state index in [0.29, 0.717) is 4.90 Å². The van der Waals surface area contributed by atoms with Gasteiger partial charge in [0.05, 0.1) is 4.90 Å². The van der Waals surface area contributed by atoms with Crippen LogP contribution in [0.25, 0.3) is 0 Å². The van der Waals surface area contributed by atoms with Gasteiger partial charge in [-0.25, -0.2) is 13.1 Å². The van der Waals surface area contributed by atoms with Crippen molar-refractivity contribution in [2.45, 2.75) is 24.7 Å². The molecule has 1 aromatic carbocycles. The standard InChI is InChI=1S/C13H22N2O2S2/c1-11-6-7-12(19(16,17)14-2)10-13(11)15-8-4-5-9-18-3/h6-7,10,14-15H,4-5,8-9H2,1-3H3. The van der Waals surface area contributed by atoms with E-state index < -0.39 is 10.0 Å². The molecule has 0 aromatic heterocycles. The maximum absolute atomic E-state index is 11.7. The van der Waals surface area contributed by atoms with Crippen LogP contribution in [0.1, 0.15) is 18.4 Å². The second kappa shape index (κ2) is 7.77. The molecule has 1 rings (SSSR count). The molecule has 108 valence electrons. The van der Waals surface area contributed by atoms with E-state index in [1.165, 1.54) is 13.5 Å². The highest BCUT2D eigenvalue weighted by molar-refractivity contribution is 7.98. The third-order valence-electron chi connectivity index (χ3n) is 2.88. The first-order valence-corrected chi connectivity index (χ1v) is 9.16. The van der Waals surface area contributed by atoms with Gasteiger partial charge in [-0.15, -0.1) is 0 Å². The van der Waals surface area contributed by atoms with Crippen LogP contribution >= 0.6 is 11.8 Å². The minimum atomic E-state index is -3.37. The normalized spacial score (nSPS) is 11.5. The number of unbranched alkanes of at least 4 members (excludes halogenated alkanes) is 1. The fourth-order valence-electron chi connectivity index (χ4n) is 1.67. The van der Waals surface area contributed by atoms with Crippen molar-refractivity contribution in [3.63, 3.8) is 0 Å². The zero-order valence-corrected chi connectivity index (χ0v) is 13.3. The molecule has 0 unspecified atom stereocenters. The minimum Gasteiger partial charge on any atom is -0.385 e. The average molecular weight is 302 g/mol. The summed E-state index contributed by atoms with van der Waals surface area (Å²) in [4.78, 5) is 0.298. The van der Waals surface area contributed by atoms with Gasteiger partial charge < -0.3 is 5.32 Å². The van der Waals surface area contributed by atoms with Crippen LogP contribution in [0.5, 0.6) is 0 Å². The maximum Gasteiger partial charge on any atom is 0.240 e. The summed E-state index contributed by atoms with van der Waals surface area (Å²) in [5.74, 6) is 1.16. The zero-order valence-electron chi connectivity index (χ0n) is 11.7. The largest absolute Gasteiger partial charge is 0.385 e. The van der Waals surface area contributed by atoms with Crippen LogP contribution in [0.2, 0.25) is 0 Å². The average Bonchev–Trinajstić information content (AvgIpc) is 2.40. The smallest absolute Gasteiger partial charge is 0.240 e. The Balaban J connectivity index is 2.70. The van der Waals surface area contributed by atoms with Gasteiger partial charge in [-0.1, -0.05) is 6.07 Å². The van der Waals surface area contributed by atoms with Crippen LogP contribution in [0, 0.1) is 6.92 Å². The van der Waals surface area contributed by atoms with Gasteiger partial charge in [0.1, 0.15) is 0 Å². The zero-order chi connectivity index (χ0) is 14.3. The summed E-state index contributed by atoms with van der Waals surface area (Å²) in [6.45, 7) is 2.84. The Hall–Kier alpha value is -0.720. The fraction of sp³-hybridized carbons (Fsp3) is 0.538. The van der Waals surface area contributed by atoms with Crippen LogP contribution < -0.4 is 10.0 Å². The molecule has 19 heavy (non-hydrogen) atoms. The molecule has 0 radical (unpaired) electrons. The van der Waals surface area contributed by atoms with Gasteiger partial charge in [0.2, 0.25) is 10.0 Å². The van der Waals surface area contributed by atoms with Crippen molar-refractivity contribution < 1.29 is 8.42 Å². The summed E-state index contributed by atoms with van der Waals surface area (Å²) in [5, 5.41) is 3.31. The van der Waals surface area contributed by atoms with Crippen LogP contribution in [0.4, 0.5) is 5.69 Å². The Labute approximate surface area is 120 Å². The van der Waals surface area contributed by atoms with Crippen molar-refractivity contribution in [2.24, 2.45) is 0 Å². The number of hydrogen-bond donors (Lipinski definition) is 2. The highest BCUT2D eigenvalue weighted by atomic mass is 32.2. The number of aryl methyl sites for hydroxylation is 1. The van der Waals surface area contributed by atoms with E-state index in [2.05, 4.69) is 16.3 Å². The Kier molecular flexibility index (Phi) is 6.68. The lowest BCUT2D eigenvalue weighted by atomic mass is 10.2. The highest BCUT2D eigenvalue weighted by Gasteiger charge is 2.12. The lowest BCUT2D eigenvalue weighted by Crippen LogP contribution is -2.18. The van der Waals surface area contributed by atoms with E-state index in [1.807, 2.05) is 24.8 Å². The second-order valence-electron chi connectivity index (χ2n) is 4.31. The first kappa shape index (κ1) is 16.3. The van der Waals surface area contributed by atoms with Gasteiger partial charge in [-0.3, -0.25) is 0 Å². The molecule has 0 aliphatic carbocycles. The third kappa shape index (κ3) is 5.04. The summed E-state index contributed by atoms with van der Waals surface area (Å²) in [5.41, 5.74) is 1.94. The molecule has 4 nitrogen and oxygen atoms in total. The van der Waals surface area contributed by atoms with Crippen LogP contribution in [-0.2, 0) is 10.0 Å². The third-order valence-corrected chi connectivity index (χ3v) is 4.99. The molecule has 0 saturated carbocycles. The predicted octanol–water partition coefficient (Wildman–Crippen LogP) is 2.46. The summed E-state index contributed by atoms with van der Waals surface area (Å²) < 4.78 is 25.8. The SMILES string of the molecule is CNS(=O)(=O)c1ccc(C)c(NCCCCSC)c1. The van der Waals surface area contributed by atoms with Crippen LogP contribution in [0.3, 0.4) is 0 Å². The van der Waals surface area contributed by atoms with Crippen molar-refractivity contribution >= 4 is 27.5 Å². The molecule has 0 heterocycles. The molecular weight excluding hydrogens is 280 g/mol. The van der Waals surface area contributed by atoms with Gasteiger partial charge in [-0.05, 0) is 56.5 Å². The van der Waals surface area contributed by atoms with Gasteiger partial charge in [0.25, 0.3) is 0 Å². The van der Waals surface area contributed by atoms with E-state index in [1.54, 1.807) is 12.1 Å². The Morgan fingerprint density at radius 3 is 2.63 bits per heavy atom. The van der Waals surface area contributed by atoms with E-state index in [9.17, 15) is 8.42 Å². The molecule has 0 atom stereocenters. The number of rotatable bonds is 8. The van der Waals surface area contributed by atoms with Crippen molar-refractivity contribution in [3.8, 4) is 0 Å². The fourth-order valence-corrected chi connectivity index (χ4v) is 2.92. The highest BCUT2D eigenvalue weighted by Crippen LogP contribution is 2.20. The number of nitrogens with one attached hydrogen (secondary N) is 2.